The molecule has 1 saturated heterocycles. The molecule has 0 spiro atoms. The zero-order valence-electron chi connectivity index (χ0n) is 8.57. The van der Waals surface area contributed by atoms with E-state index in [0.717, 1.165) is 0 Å². The van der Waals surface area contributed by atoms with Crippen molar-refractivity contribution in [2.75, 3.05) is 0 Å². The van der Waals surface area contributed by atoms with Crippen LogP contribution in [0.5, 0.6) is 0 Å². The number of aliphatic hydroxyl groups excluding tert-OH is 4. The lowest BCUT2D eigenvalue weighted by molar-refractivity contribution is -0.275. The average molecular weight is 220 g/mol. The van der Waals surface area contributed by atoms with Gasteiger partial charge in [0, 0.05) is 5.92 Å². The van der Waals surface area contributed by atoms with Crippen molar-refractivity contribution in [1.82, 2.24) is 0 Å². The Kier molecular flexibility index (Phi) is 3.80. The second kappa shape index (κ2) is 4.54. The zero-order valence-corrected chi connectivity index (χ0v) is 8.57. The summed E-state index contributed by atoms with van der Waals surface area (Å²) in [5, 5.41) is 37.1. The first kappa shape index (κ1) is 12.5. The lowest BCUT2D eigenvalue weighted by Crippen LogP contribution is -2.60. The summed E-state index contributed by atoms with van der Waals surface area (Å²) in [5.41, 5.74) is 0. The van der Waals surface area contributed by atoms with Crippen LogP contribution < -0.4 is 0 Å². The van der Waals surface area contributed by atoms with Crippen LogP contribution in [0.3, 0.4) is 0 Å². The van der Waals surface area contributed by atoms with Gasteiger partial charge in [-0.15, -0.1) is 0 Å². The minimum absolute atomic E-state index is 0.390. The molecule has 1 aliphatic heterocycles. The molecule has 4 N–H and O–H groups in total. The summed E-state index contributed by atoms with van der Waals surface area (Å²) in [6.07, 6.45) is -7.65. The second-order valence-corrected chi connectivity index (χ2v) is 3.98. The number of carbonyl (C=O) groups is 1. The van der Waals surface area contributed by atoms with Gasteiger partial charge in [0.2, 0.25) is 0 Å². The van der Waals surface area contributed by atoms with Crippen molar-refractivity contribution in [1.29, 1.82) is 0 Å². The summed E-state index contributed by atoms with van der Waals surface area (Å²) in [7, 11) is 0. The van der Waals surface area contributed by atoms with Crippen LogP contribution in [0.25, 0.3) is 0 Å². The van der Waals surface area contributed by atoms with Crippen LogP contribution in [0.1, 0.15) is 13.8 Å². The van der Waals surface area contributed by atoms with Gasteiger partial charge in [0.25, 0.3) is 0 Å². The monoisotopic (exact) mass is 220 g/mol. The summed E-state index contributed by atoms with van der Waals surface area (Å²) >= 11 is 0. The van der Waals surface area contributed by atoms with Crippen molar-refractivity contribution < 1.29 is 30.0 Å². The van der Waals surface area contributed by atoms with Gasteiger partial charge in [-0.1, -0.05) is 13.8 Å². The Balaban J connectivity index is 2.79. The largest absolute Gasteiger partial charge is 0.387 e. The molecular formula is C9H16O6. The van der Waals surface area contributed by atoms with Crippen molar-refractivity contribution in [2.45, 2.75) is 44.6 Å². The standard InChI is InChI=1S/C9H16O6/c1-3(2)4(10)8-6(12)5(11)7(13)9(14)15-8/h3,5-9,11-14H,1-2H3/t5-,6-,7+,8+,9?/m0/s1. The van der Waals surface area contributed by atoms with Gasteiger partial charge in [0.1, 0.15) is 24.4 Å². The van der Waals surface area contributed by atoms with Crippen molar-refractivity contribution >= 4 is 5.78 Å². The minimum atomic E-state index is -1.66. The van der Waals surface area contributed by atoms with Crippen molar-refractivity contribution in [3.05, 3.63) is 0 Å². The maximum Gasteiger partial charge on any atom is 0.184 e. The molecule has 5 atom stereocenters. The first-order valence-electron chi connectivity index (χ1n) is 4.77. The normalized spacial score (nSPS) is 41.9. The Bertz CT molecular complexity index is 241. The number of Topliss-reactive ketones (excluding diaryl/α,β-unsaturated/α-hetero) is 1. The Labute approximate surface area is 87.1 Å². The smallest absolute Gasteiger partial charge is 0.184 e. The van der Waals surface area contributed by atoms with Gasteiger partial charge in [-0.25, -0.2) is 0 Å². The SMILES string of the molecule is CC(C)C(=O)[C@H]1OC(O)[C@H](O)[C@@H](O)[C@@H]1O. The highest BCUT2D eigenvalue weighted by Crippen LogP contribution is 2.22. The highest BCUT2D eigenvalue weighted by molar-refractivity contribution is 5.85. The maximum atomic E-state index is 11.5. The van der Waals surface area contributed by atoms with E-state index in [1.807, 2.05) is 0 Å². The van der Waals surface area contributed by atoms with E-state index < -0.39 is 36.5 Å². The Morgan fingerprint density at radius 2 is 1.60 bits per heavy atom. The summed E-state index contributed by atoms with van der Waals surface area (Å²) in [6, 6.07) is 0. The predicted octanol–water partition coefficient (Wildman–Crippen LogP) is -1.99. The van der Waals surface area contributed by atoms with Crippen molar-refractivity contribution in [2.24, 2.45) is 5.92 Å². The molecule has 15 heavy (non-hydrogen) atoms. The summed E-state index contributed by atoms with van der Waals surface area (Å²) < 4.78 is 4.75. The summed E-state index contributed by atoms with van der Waals surface area (Å²) in [4.78, 5) is 11.5. The lowest BCUT2D eigenvalue weighted by atomic mass is 9.92. The van der Waals surface area contributed by atoms with Gasteiger partial charge >= 0.3 is 0 Å². The molecule has 0 saturated carbocycles. The molecule has 6 heteroatoms. The third kappa shape index (κ3) is 2.35. The summed E-state index contributed by atoms with van der Waals surface area (Å²) in [5.74, 6) is -0.813. The number of hydrogen-bond donors (Lipinski definition) is 4. The highest BCUT2D eigenvalue weighted by Gasteiger charge is 2.46. The van der Waals surface area contributed by atoms with E-state index in [9.17, 15) is 20.1 Å². The van der Waals surface area contributed by atoms with Crippen LogP contribution >= 0.6 is 0 Å². The van der Waals surface area contributed by atoms with E-state index in [4.69, 9.17) is 9.84 Å². The first-order valence-corrected chi connectivity index (χ1v) is 4.77. The fourth-order valence-electron chi connectivity index (χ4n) is 1.42. The Morgan fingerprint density at radius 3 is 2.07 bits per heavy atom. The van der Waals surface area contributed by atoms with Gasteiger partial charge in [0.15, 0.2) is 12.1 Å². The molecule has 1 heterocycles. The number of carbonyl (C=O) groups excluding carboxylic acids is 1. The zero-order chi connectivity index (χ0) is 11.7. The van der Waals surface area contributed by atoms with Crippen LogP contribution in [-0.4, -0.2) is 56.9 Å². The molecule has 88 valence electrons. The quantitative estimate of drug-likeness (QED) is 0.429. The van der Waals surface area contributed by atoms with E-state index in [2.05, 4.69) is 0 Å². The van der Waals surface area contributed by atoms with Gasteiger partial charge in [0.05, 0.1) is 0 Å². The second-order valence-electron chi connectivity index (χ2n) is 3.98. The van der Waals surface area contributed by atoms with Gasteiger partial charge < -0.3 is 25.2 Å². The van der Waals surface area contributed by atoms with Crippen LogP contribution in [0.15, 0.2) is 0 Å². The topological polar surface area (TPSA) is 107 Å². The van der Waals surface area contributed by atoms with E-state index in [1.165, 1.54) is 0 Å². The molecule has 0 aromatic heterocycles. The number of ether oxygens (including phenoxy) is 1. The highest BCUT2D eigenvalue weighted by atomic mass is 16.6. The van der Waals surface area contributed by atoms with E-state index in [0.29, 0.717) is 0 Å². The van der Waals surface area contributed by atoms with Gasteiger partial charge in [-0.3, -0.25) is 4.79 Å². The fourth-order valence-corrected chi connectivity index (χ4v) is 1.42. The molecule has 6 nitrogen and oxygen atoms in total. The first-order chi connectivity index (χ1) is 6.86. The average Bonchev–Trinajstić information content (AvgIpc) is 2.19. The minimum Gasteiger partial charge on any atom is -0.387 e. The lowest BCUT2D eigenvalue weighted by Gasteiger charge is -2.38. The molecule has 0 radical (unpaired) electrons. The molecule has 1 unspecified atom stereocenters. The predicted molar refractivity (Wildman–Crippen MR) is 48.7 cm³/mol. The van der Waals surface area contributed by atoms with E-state index >= 15 is 0 Å². The summed E-state index contributed by atoms with van der Waals surface area (Å²) in [6.45, 7) is 3.23. The van der Waals surface area contributed by atoms with Gasteiger partial charge in [-0.05, 0) is 0 Å². The molecular weight excluding hydrogens is 204 g/mol. The van der Waals surface area contributed by atoms with Crippen LogP contribution in [0, 0.1) is 5.92 Å². The van der Waals surface area contributed by atoms with E-state index in [-0.39, 0.29) is 5.92 Å². The molecule has 0 amide bonds. The maximum absolute atomic E-state index is 11.5. The molecule has 1 aliphatic rings. The van der Waals surface area contributed by atoms with Crippen LogP contribution in [0.2, 0.25) is 0 Å². The van der Waals surface area contributed by atoms with Crippen LogP contribution in [0.4, 0.5) is 0 Å². The number of rotatable bonds is 2. The molecule has 1 rings (SSSR count). The van der Waals surface area contributed by atoms with Crippen LogP contribution in [-0.2, 0) is 9.53 Å². The molecule has 0 aromatic carbocycles. The fraction of sp³-hybridized carbons (Fsp3) is 0.889. The van der Waals surface area contributed by atoms with Gasteiger partial charge in [-0.2, -0.15) is 0 Å². The molecule has 0 aliphatic carbocycles. The molecule has 0 bridgehead atoms. The third-order valence-corrected chi connectivity index (χ3v) is 2.44. The molecule has 1 fully saturated rings. The van der Waals surface area contributed by atoms with Crippen molar-refractivity contribution in [3.63, 3.8) is 0 Å². The Morgan fingerprint density at radius 1 is 1.07 bits per heavy atom. The number of hydrogen-bond acceptors (Lipinski definition) is 6. The van der Waals surface area contributed by atoms with Crippen molar-refractivity contribution in [3.8, 4) is 0 Å². The number of aliphatic hydroxyl groups is 4. The number of ketones is 1. The van der Waals surface area contributed by atoms with E-state index in [1.54, 1.807) is 13.8 Å². The third-order valence-electron chi connectivity index (χ3n) is 2.44. The molecule has 0 aromatic rings. The Hall–Kier alpha value is -0.530.